The van der Waals surface area contributed by atoms with Crippen molar-refractivity contribution in [3.05, 3.63) is 64.7 Å². The lowest BCUT2D eigenvalue weighted by Crippen LogP contribution is -2.13. The first-order chi connectivity index (χ1) is 9.16. The number of rotatable bonds is 3. The van der Waals surface area contributed by atoms with E-state index in [-0.39, 0.29) is 6.61 Å². The molecule has 0 heterocycles. The van der Waals surface area contributed by atoms with Gasteiger partial charge >= 0.3 is 6.09 Å². The molecule has 4 heteroatoms. The Balaban J connectivity index is 1.93. The van der Waals surface area contributed by atoms with Gasteiger partial charge in [0, 0.05) is 0 Å². The highest BCUT2D eigenvalue weighted by Crippen LogP contribution is 2.25. The summed E-state index contributed by atoms with van der Waals surface area (Å²) in [4.78, 5) is 11.7. The maximum absolute atomic E-state index is 11.7. The number of amides is 1. The van der Waals surface area contributed by atoms with Crippen molar-refractivity contribution in [3.63, 3.8) is 0 Å². The number of hydrogen-bond donors (Lipinski definition) is 1. The minimum atomic E-state index is -0.517. The van der Waals surface area contributed by atoms with Gasteiger partial charge in [0.05, 0.1) is 10.7 Å². The number of halogens is 1. The van der Waals surface area contributed by atoms with Crippen LogP contribution in [-0.4, -0.2) is 6.09 Å². The summed E-state index contributed by atoms with van der Waals surface area (Å²) >= 11 is 6.08. The largest absolute Gasteiger partial charge is 0.444 e. The van der Waals surface area contributed by atoms with Crippen LogP contribution in [-0.2, 0) is 11.3 Å². The van der Waals surface area contributed by atoms with Gasteiger partial charge < -0.3 is 4.74 Å². The van der Waals surface area contributed by atoms with Crippen LogP contribution in [0, 0.1) is 6.92 Å². The summed E-state index contributed by atoms with van der Waals surface area (Å²) in [6.45, 7) is 2.11. The minimum Gasteiger partial charge on any atom is -0.444 e. The molecular formula is C15H14ClNO2. The van der Waals surface area contributed by atoms with E-state index < -0.39 is 6.09 Å². The summed E-state index contributed by atoms with van der Waals surface area (Å²) in [5, 5.41) is 3.16. The lowest BCUT2D eigenvalue weighted by molar-refractivity contribution is 0.155. The zero-order valence-electron chi connectivity index (χ0n) is 10.5. The molecule has 1 N–H and O–H groups in total. The van der Waals surface area contributed by atoms with E-state index in [1.54, 1.807) is 6.07 Å². The average Bonchev–Trinajstić information content (AvgIpc) is 2.43. The third-order valence-electron chi connectivity index (χ3n) is 2.64. The highest BCUT2D eigenvalue weighted by Gasteiger charge is 2.08. The van der Waals surface area contributed by atoms with E-state index in [4.69, 9.17) is 16.3 Å². The summed E-state index contributed by atoms with van der Waals surface area (Å²) in [6.07, 6.45) is -0.517. The van der Waals surface area contributed by atoms with Crippen molar-refractivity contribution in [1.29, 1.82) is 0 Å². The van der Waals surface area contributed by atoms with E-state index in [0.29, 0.717) is 10.7 Å². The van der Waals surface area contributed by atoms with Crippen molar-refractivity contribution in [3.8, 4) is 0 Å². The van der Waals surface area contributed by atoms with Crippen LogP contribution in [0.4, 0.5) is 10.5 Å². The fraction of sp³-hybridized carbons (Fsp3) is 0.133. The highest BCUT2D eigenvalue weighted by molar-refractivity contribution is 6.34. The summed E-state index contributed by atoms with van der Waals surface area (Å²) in [5.41, 5.74) is 2.40. The zero-order valence-corrected chi connectivity index (χ0v) is 11.3. The van der Waals surface area contributed by atoms with Crippen molar-refractivity contribution in [2.24, 2.45) is 0 Å². The molecule has 0 radical (unpaired) electrons. The fourth-order valence-electron chi connectivity index (χ4n) is 1.61. The maximum atomic E-state index is 11.7. The van der Waals surface area contributed by atoms with Gasteiger partial charge in [-0.25, -0.2) is 4.79 Å². The van der Waals surface area contributed by atoms with Crippen LogP contribution < -0.4 is 5.32 Å². The lowest BCUT2D eigenvalue weighted by Gasteiger charge is -2.09. The van der Waals surface area contributed by atoms with Gasteiger partial charge in [-0.3, -0.25) is 5.32 Å². The van der Waals surface area contributed by atoms with Crippen LogP contribution in [0.15, 0.2) is 48.5 Å². The topological polar surface area (TPSA) is 38.3 Å². The fourth-order valence-corrected chi connectivity index (χ4v) is 1.79. The van der Waals surface area contributed by atoms with Crippen molar-refractivity contribution >= 4 is 23.4 Å². The first-order valence-corrected chi connectivity index (χ1v) is 6.27. The monoisotopic (exact) mass is 275 g/mol. The molecule has 98 valence electrons. The molecule has 19 heavy (non-hydrogen) atoms. The normalized spacial score (nSPS) is 10.0. The number of ether oxygens (including phenoxy) is 1. The molecule has 0 saturated carbocycles. The summed E-state index contributed by atoms with van der Waals surface area (Å²) in [5.74, 6) is 0. The third kappa shape index (κ3) is 3.73. The molecule has 0 aliphatic heterocycles. The standard InChI is InChI=1S/C15H14ClNO2/c1-11-6-5-9-13(14(11)16)17-15(18)19-10-12-7-3-2-4-8-12/h2-9H,10H2,1H3,(H,17,18). The van der Waals surface area contributed by atoms with Crippen LogP contribution in [0.5, 0.6) is 0 Å². The maximum Gasteiger partial charge on any atom is 0.412 e. The van der Waals surface area contributed by atoms with Crippen LogP contribution in [0.25, 0.3) is 0 Å². The molecule has 0 bridgehead atoms. The Bertz CT molecular complexity index is 570. The van der Waals surface area contributed by atoms with Gasteiger partial charge in [-0.2, -0.15) is 0 Å². The Labute approximate surface area is 117 Å². The number of carbonyl (C=O) groups is 1. The van der Waals surface area contributed by atoms with Gasteiger partial charge in [0.15, 0.2) is 0 Å². The smallest absolute Gasteiger partial charge is 0.412 e. The van der Waals surface area contributed by atoms with Crippen molar-refractivity contribution < 1.29 is 9.53 Å². The quantitative estimate of drug-likeness (QED) is 0.902. The first kappa shape index (κ1) is 13.4. The van der Waals surface area contributed by atoms with Gasteiger partial charge in [0.25, 0.3) is 0 Å². The number of hydrogen-bond acceptors (Lipinski definition) is 2. The summed E-state index contributed by atoms with van der Waals surface area (Å²) in [6, 6.07) is 14.9. The Morgan fingerprint density at radius 1 is 1.16 bits per heavy atom. The van der Waals surface area contributed by atoms with Crippen LogP contribution in [0.3, 0.4) is 0 Å². The molecule has 0 spiro atoms. The zero-order chi connectivity index (χ0) is 13.7. The Morgan fingerprint density at radius 2 is 1.89 bits per heavy atom. The molecule has 0 saturated heterocycles. The minimum absolute atomic E-state index is 0.232. The second kappa shape index (κ2) is 6.25. The van der Waals surface area contributed by atoms with Gasteiger partial charge in [-0.05, 0) is 24.1 Å². The predicted molar refractivity (Wildman–Crippen MR) is 76.4 cm³/mol. The molecule has 0 unspecified atom stereocenters. The van der Waals surface area contributed by atoms with E-state index in [2.05, 4.69) is 5.32 Å². The second-order valence-corrected chi connectivity index (χ2v) is 4.50. The number of benzene rings is 2. The molecule has 0 aromatic heterocycles. The van der Waals surface area contributed by atoms with E-state index >= 15 is 0 Å². The van der Waals surface area contributed by atoms with Gasteiger partial charge in [0.1, 0.15) is 6.61 Å². The number of anilines is 1. The van der Waals surface area contributed by atoms with Gasteiger partial charge in [-0.15, -0.1) is 0 Å². The predicted octanol–water partition coefficient (Wildman–Crippen LogP) is 4.40. The van der Waals surface area contributed by atoms with Crippen molar-refractivity contribution in [2.45, 2.75) is 13.5 Å². The van der Waals surface area contributed by atoms with Crippen LogP contribution in [0.1, 0.15) is 11.1 Å². The van der Waals surface area contributed by atoms with Crippen LogP contribution in [0.2, 0.25) is 5.02 Å². The average molecular weight is 276 g/mol. The lowest BCUT2D eigenvalue weighted by atomic mass is 10.2. The molecule has 2 rings (SSSR count). The number of carbonyl (C=O) groups excluding carboxylic acids is 1. The molecule has 0 aliphatic carbocycles. The van der Waals surface area contributed by atoms with Crippen LogP contribution >= 0.6 is 11.6 Å². The SMILES string of the molecule is Cc1cccc(NC(=O)OCc2ccccc2)c1Cl. The molecule has 2 aromatic rings. The van der Waals surface area contributed by atoms with Gasteiger partial charge in [0.2, 0.25) is 0 Å². The Morgan fingerprint density at radius 3 is 2.63 bits per heavy atom. The van der Waals surface area contributed by atoms with E-state index in [0.717, 1.165) is 11.1 Å². The number of nitrogens with one attached hydrogen (secondary N) is 1. The summed E-state index contributed by atoms with van der Waals surface area (Å²) < 4.78 is 5.12. The first-order valence-electron chi connectivity index (χ1n) is 5.89. The van der Waals surface area contributed by atoms with E-state index in [9.17, 15) is 4.79 Å². The van der Waals surface area contributed by atoms with Crippen molar-refractivity contribution in [2.75, 3.05) is 5.32 Å². The molecule has 0 atom stereocenters. The van der Waals surface area contributed by atoms with Gasteiger partial charge in [-0.1, -0.05) is 54.1 Å². The second-order valence-electron chi connectivity index (χ2n) is 4.12. The third-order valence-corrected chi connectivity index (χ3v) is 3.14. The van der Waals surface area contributed by atoms with Crippen molar-refractivity contribution in [1.82, 2.24) is 0 Å². The summed E-state index contributed by atoms with van der Waals surface area (Å²) in [7, 11) is 0. The highest BCUT2D eigenvalue weighted by atomic mass is 35.5. The Kier molecular flexibility index (Phi) is 4.42. The molecule has 0 aliphatic rings. The molecule has 2 aromatic carbocycles. The van der Waals surface area contributed by atoms with E-state index in [1.807, 2.05) is 49.4 Å². The number of aryl methyl sites for hydroxylation is 1. The Hall–Kier alpha value is -2.00. The van der Waals surface area contributed by atoms with E-state index in [1.165, 1.54) is 0 Å². The molecule has 1 amide bonds. The molecular weight excluding hydrogens is 262 g/mol. The molecule has 3 nitrogen and oxygen atoms in total. The molecule has 0 fully saturated rings.